The van der Waals surface area contributed by atoms with Gasteiger partial charge in [0.1, 0.15) is 0 Å². The molecule has 1 amide bonds. The lowest BCUT2D eigenvalue weighted by Gasteiger charge is -2.15. The quantitative estimate of drug-likeness (QED) is 0.785. The van der Waals surface area contributed by atoms with Crippen molar-refractivity contribution in [2.75, 3.05) is 13.2 Å². The maximum absolute atomic E-state index is 12.4. The van der Waals surface area contributed by atoms with E-state index in [1.165, 1.54) is 6.07 Å². The number of carbonyl (C=O) groups is 1. The molecule has 0 heterocycles. The van der Waals surface area contributed by atoms with Crippen LogP contribution in [0.15, 0.2) is 18.2 Å². The van der Waals surface area contributed by atoms with E-state index < -0.39 is 6.61 Å². The van der Waals surface area contributed by atoms with Gasteiger partial charge in [0.05, 0.1) is 13.2 Å². The summed E-state index contributed by atoms with van der Waals surface area (Å²) in [6, 6.07) is 4.72. The third-order valence-corrected chi connectivity index (χ3v) is 2.23. The second kappa shape index (κ2) is 7.52. The number of halogens is 2. The van der Waals surface area contributed by atoms with Gasteiger partial charge in [0, 0.05) is 12.1 Å². The summed E-state index contributed by atoms with van der Waals surface area (Å²) in [6.07, 6.45) is 0. The van der Waals surface area contributed by atoms with Gasteiger partial charge in [-0.25, -0.2) is 0 Å². The van der Waals surface area contributed by atoms with Crippen molar-refractivity contribution in [1.82, 2.24) is 5.32 Å². The summed E-state index contributed by atoms with van der Waals surface area (Å²) >= 11 is 0. The molecule has 1 rings (SSSR count). The SMILES string of the molecule is CCOc1cccc(CNC(=O)CN)c1OC(F)F. The second-order valence-electron chi connectivity index (χ2n) is 3.54. The molecule has 0 aliphatic heterocycles. The first-order chi connectivity index (χ1) is 9.08. The Balaban J connectivity index is 2.93. The molecule has 0 aliphatic rings. The monoisotopic (exact) mass is 274 g/mol. The highest BCUT2D eigenvalue weighted by Gasteiger charge is 2.15. The number of rotatable bonds is 7. The van der Waals surface area contributed by atoms with Crippen molar-refractivity contribution in [2.45, 2.75) is 20.1 Å². The molecule has 106 valence electrons. The molecule has 0 aromatic heterocycles. The van der Waals surface area contributed by atoms with Crippen molar-refractivity contribution in [3.63, 3.8) is 0 Å². The van der Waals surface area contributed by atoms with E-state index in [1.54, 1.807) is 19.1 Å². The van der Waals surface area contributed by atoms with Crippen LogP contribution in [0.5, 0.6) is 11.5 Å². The molecule has 0 aliphatic carbocycles. The highest BCUT2D eigenvalue weighted by molar-refractivity contribution is 5.77. The van der Waals surface area contributed by atoms with E-state index in [-0.39, 0.29) is 30.5 Å². The Hall–Kier alpha value is -1.89. The standard InChI is InChI=1S/C12H16F2N2O3/c1-2-18-9-5-3-4-8(7-16-10(17)6-15)11(9)19-12(13)14/h3-5,12H,2,6-7,15H2,1H3,(H,16,17). The van der Waals surface area contributed by atoms with Crippen molar-refractivity contribution in [1.29, 1.82) is 0 Å². The summed E-state index contributed by atoms with van der Waals surface area (Å²) in [7, 11) is 0. The van der Waals surface area contributed by atoms with Crippen molar-refractivity contribution in [2.24, 2.45) is 5.73 Å². The minimum atomic E-state index is -2.97. The third-order valence-electron chi connectivity index (χ3n) is 2.23. The van der Waals surface area contributed by atoms with E-state index in [1.807, 2.05) is 0 Å². The lowest BCUT2D eigenvalue weighted by Crippen LogP contribution is -2.29. The first-order valence-corrected chi connectivity index (χ1v) is 5.74. The van der Waals surface area contributed by atoms with E-state index in [9.17, 15) is 13.6 Å². The fourth-order valence-electron chi connectivity index (χ4n) is 1.46. The number of ether oxygens (including phenoxy) is 2. The molecule has 5 nitrogen and oxygen atoms in total. The number of nitrogens with two attached hydrogens (primary N) is 1. The average molecular weight is 274 g/mol. The molecule has 7 heteroatoms. The van der Waals surface area contributed by atoms with Crippen LogP contribution in [0.25, 0.3) is 0 Å². The number of amides is 1. The highest BCUT2D eigenvalue weighted by Crippen LogP contribution is 2.32. The number of benzene rings is 1. The Morgan fingerprint density at radius 1 is 1.47 bits per heavy atom. The Morgan fingerprint density at radius 3 is 2.79 bits per heavy atom. The molecule has 3 N–H and O–H groups in total. The van der Waals surface area contributed by atoms with E-state index in [4.69, 9.17) is 10.5 Å². The minimum absolute atomic E-state index is 0.0407. The summed E-state index contributed by atoms with van der Waals surface area (Å²) in [5.41, 5.74) is 5.54. The molecule has 0 bridgehead atoms. The zero-order chi connectivity index (χ0) is 14.3. The smallest absolute Gasteiger partial charge is 0.387 e. The van der Waals surface area contributed by atoms with Crippen LogP contribution in [0.3, 0.4) is 0 Å². The number of carbonyl (C=O) groups excluding carboxylic acids is 1. The van der Waals surface area contributed by atoms with Gasteiger partial charge >= 0.3 is 6.61 Å². The topological polar surface area (TPSA) is 73.6 Å². The molecule has 0 spiro atoms. The number of nitrogens with one attached hydrogen (secondary N) is 1. The van der Waals surface area contributed by atoms with Crippen molar-refractivity contribution in [3.8, 4) is 11.5 Å². The van der Waals surface area contributed by atoms with E-state index >= 15 is 0 Å². The largest absolute Gasteiger partial charge is 0.490 e. The predicted octanol–water partition coefficient (Wildman–Crippen LogP) is 1.26. The summed E-state index contributed by atoms with van der Waals surface area (Å²) in [4.78, 5) is 11.1. The number of alkyl halides is 2. The molecular weight excluding hydrogens is 258 g/mol. The zero-order valence-electron chi connectivity index (χ0n) is 10.5. The fraction of sp³-hybridized carbons (Fsp3) is 0.417. The second-order valence-corrected chi connectivity index (χ2v) is 3.54. The van der Waals surface area contributed by atoms with Gasteiger partial charge in [-0.15, -0.1) is 0 Å². The van der Waals surface area contributed by atoms with Gasteiger partial charge in [-0.1, -0.05) is 12.1 Å². The van der Waals surface area contributed by atoms with Gasteiger partial charge < -0.3 is 20.5 Å². The van der Waals surface area contributed by atoms with Crippen LogP contribution in [-0.2, 0) is 11.3 Å². The fourth-order valence-corrected chi connectivity index (χ4v) is 1.46. The first kappa shape index (κ1) is 15.2. The Bertz CT molecular complexity index is 427. The van der Waals surface area contributed by atoms with E-state index in [0.717, 1.165) is 0 Å². The Morgan fingerprint density at radius 2 is 2.21 bits per heavy atom. The van der Waals surface area contributed by atoms with Gasteiger partial charge in [-0.2, -0.15) is 8.78 Å². The van der Waals surface area contributed by atoms with Crippen LogP contribution in [0.2, 0.25) is 0 Å². The molecule has 0 unspecified atom stereocenters. The molecule has 0 radical (unpaired) electrons. The van der Waals surface area contributed by atoms with Crippen LogP contribution in [0.4, 0.5) is 8.78 Å². The summed E-state index contributed by atoms with van der Waals surface area (Å²) in [6.45, 7) is -1.05. The van der Waals surface area contributed by atoms with Crippen LogP contribution in [-0.4, -0.2) is 25.7 Å². The molecular formula is C12H16F2N2O3. The number of hydrogen-bond acceptors (Lipinski definition) is 4. The molecule has 0 fully saturated rings. The third kappa shape index (κ3) is 4.70. The van der Waals surface area contributed by atoms with Crippen LogP contribution >= 0.6 is 0 Å². The van der Waals surface area contributed by atoms with Crippen LogP contribution in [0.1, 0.15) is 12.5 Å². The Labute approximate surface area is 109 Å². The molecule has 0 saturated carbocycles. The van der Waals surface area contributed by atoms with Gasteiger partial charge in [0.15, 0.2) is 11.5 Å². The van der Waals surface area contributed by atoms with Gasteiger partial charge in [-0.3, -0.25) is 4.79 Å². The first-order valence-electron chi connectivity index (χ1n) is 5.74. The van der Waals surface area contributed by atoms with E-state index in [0.29, 0.717) is 12.2 Å². The van der Waals surface area contributed by atoms with E-state index in [2.05, 4.69) is 10.1 Å². The molecule has 1 aromatic rings. The molecule has 0 saturated heterocycles. The molecule has 1 aromatic carbocycles. The molecule has 19 heavy (non-hydrogen) atoms. The maximum Gasteiger partial charge on any atom is 0.387 e. The Kier molecular flexibility index (Phi) is 6.01. The summed E-state index contributed by atoms with van der Waals surface area (Å²) in [5.74, 6) is -0.247. The van der Waals surface area contributed by atoms with Crippen LogP contribution in [0, 0.1) is 0 Å². The summed E-state index contributed by atoms with van der Waals surface area (Å²) < 4.78 is 34.5. The average Bonchev–Trinajstić information content (AvgIpc) is 2.38. The number of hydrogen-bond donors (Lipinski definition) is 2. The maximum atomic E-state index is 12.4. The summed E-state index contributed by atoms with van der Waals surface area (Å²) in [5, 5.41) is 2.49. The van der Waals surface area contributed by atoms with Crippen molar-refractivity contribution >= 4 is 5.91 Å². The minimum Gasteiger partial charge on any atom is -0.490 e. The van der Waals surface area contributed by atoms with Gasteiger partial charge in [-0.05, 0) is 13.0 Å². The van der Waals surface area contributed by atoms with Crippen molar-refractivity contribution < 1.29 is 23.0 Å². The molecule has 0 atom stereocenters. The lowest BCUT2D eigenvalue weighted by molar-refractivity contribution is -0.119. The van der Waals surface area contributed by atoms with Crippen molar-refractivity contribution in [3.05, 3.63) is 23.8 Å². The lowest BCUT2D eigenvalue weighted by atomic mass is 10.2. The predicted molar refractivity (Wildman–Crippen MR) is 65.1 cm³/mol. The van der Waals surface area contributed by atoms with Crippen LogP contribution < -0.4 is 20.5 Å². The number of para-hydroxylation sites is 1. The highest BCUT2D eigenvalue weighted by atomic mass is 19.3. The normalized spacial score (nSPS) is 10.4. The zero-order valence-corrected chi connectivity index (χ0v) is 10.5. The van der Waals surface area contributed by atoms with Gasteiger partial charge in [0.2, 0.25) is 5.91 Å². The van der Waals surface area contributed by atoms with Gasteiger partial charge in [0.25, 0.3) is 0 Å².